The summed E-state index contributed by atoms with van der Waals surface area (Å²) in [7, 11) is 1.73. The van der Waals surface area contributed by atoms with Crippen molar-refractivity contribution in [3.8, 4) is 5.75 Å². The molecule has 0 aliphatic heterocycles. The highest BCUT2D eigenvalue weighted by molar-refractivity contribution is 7.80. The predicted molar refractivity (Wildman–Crippen MR) is 138 cm³/mol. The Labute approximate surface area is 204 Å². The number of thiocarbonyl (C=S) groups is 1. The van der Waals surface area contributed by atoms with Crippen LogP contribution in [-0.4, -0.2) is 43.8 Å². The van der Waals surface area contributed by atoms with Gasteiger partial charge in [0.05, 0.1) is 6.61 Å². The summed E-state index contributed by atoms with van der Waals surface area (Å²) in [6.45, 7) is 3.52. The topological polar surface area (TPSA) is 79.9 Å². The SMILES string of the molecule is CCOCCOc1ccc(C(=O)NC(=S)Nc2ccc(C(=O)N(C)c3ccccc3)cc2)cc1. The van der Waals surface area contributed by atoms with Gasteiger partial charge in [-0.1, -0.05) is 18.2 Å². The van der Waals surface area contributed by atoms with Crippen LogP contribution in [0.4, 0.5) is 11.4 Å². The second-order valence-electron chi connectivity index (χ2n) is 7.26. The van der Waals surface area contributed by atoms with Crippen molar-refractivity contribution in [3.05, 3.63) is 90.0 Å². The van der Waals surface area contributed by atoms with E-state index >= 15 is 0 Å². The summed E-state index contributed by atoms with van der Waals surface area (Å²) in [6.07, 6.45) is 0. The van der Waals surface area contributed by atoms with E-state index in [-0.39, 0.29) is 16.9 Å². The summed E-state index contributed by atoms with van der Waals surface area (Å²) < 4.78 is 10.8. The molecule has 0 aliphatic rings. The van der Waals surface area contributed by atoms with Crippen LogP contribution in [0.15, 0.2) is 78.9 Å². The minimum atomic E-state index is -0.338. The van der Waals surface area contributed by atoms with Gasteiger partial charge in [-0.2, -0.15) is 0 Å². The van der Waals surface area contributed by atoms with Crippen molar-refractivity contribution in [2.75, 3.05) is 37.1 Å². The predicted octanol–water partition coefficient (Wildman–Crippen LogP) is 4.51. The van der Waals surface area contributed by atoms with Crippen molar-refractivity contribution in [3.63, 3.8) is 0 Å². The van der Waals surface area contributed by atoms with Gasteiger partial charge in [0.15, 0.2) is 5.11 Å². The molecule has 0 heterocycles. The Balaban J connectivity index is 1.50. The van der Waals surface area contributed by atoms with E-state index in [2.05, 4.69) is 10.6 Å². The molecule has 0 unspecified atom stereocenters. The number of para-hydroxylation sites is 1. The highest BCUT2D eigenvalue weighted by atomic mass is 32.1. The summed E-state index contributed by atoms with van der Waals surface area (Å²) in [6, 6.07) is 23.1. The molecule has 0 spiro atoms. The van der Waals surface area contributed by atoms with Crippen molar-refractivity contribution < 1.29 is 19.1 Å². The van der Waals surface area contributed by atoms with Gasteiger partial charge >= 0.3 is 0 Å². The molecule has 0 fully saturated rings. The van der Waals surface area contributed by atoms with Crippen LogP contribution in [0, 0.1) is 0 Å². The Kier molecular flexibility index (Phi) is 9.13. The van der Waals surface area contributed by atoms with Crippen LogP contribution < -0.4 is 20.3 Å². The van der Waals surface area contributed by atoms with E-state index in [1.165, 1.54) is 0 Å². The van der Waals surface area contributed by atoms with Gasteiger partial charge in [0.25, 0.3) is 11.8 Å². The lowest BCUT2D eigenvalue weighted by molar-refractivity contribution is 0.0974. The molecule has 34 heavy (non-hydrogen) atoms. The summed E-state index contributed by atoms with van der Waals surface area (Å²) in [5.41, 5.74) is 2.45. The number of ether oxygens (including phenoxy) is 2. The van der Waals surface area contributed by atoms with Crippen LogP contribution in [0.25, 0.3) is 0 Å². The summed E-state index contributed by atoms with van der Waals surface area (Å²) in [5.74, 6) is 0.193. The monoisotopic (exact) mass is 477 g/mol. The number of carbonyl (C=O) groups excluding carboxylic acids is 2. The van der Waals surface area contributed by atoms with Gasteiger partial charge in [-0.05, 0) is 79.8 Å². The van der Waals surface area contributed by atoms with Crippen LogP contribution in [0.2, 0.25) is 0 Å². The number of nitrogens with one attached hydrogen (secondary N) is 2. The van der Waals surface area contributed by atoms with Crippen molar-refractivity contribution in [2.45, 2.75) is 6.92 Å². The normalized spacial score (nSPS) is 10.3. The number of rotatable bonds is 9. The molecule has 8 heteroatoms. The third-order valence-corrected chi connectivity index (χ3v) is 5.09. The second-order valence-corrected chi connectivity index (χ2v) is 7.66. The number of hydrogen-bond donors (Lipinski definition) is 2. The van der Waals surface area contributed by atoms with Gasteiger partial charge in [-0.25, -0.2) is 0 Å². The number of anilines is 2. The fourth-order valence-electron chi connectivity index (χ4n) is 3.06. The van der Waals surface area contributed by atoms with Crippen molar-refractivity contribution in [1.29, 1.82) is 0 Å². The maximum Gasteiger partial charge on any atom is 0.258 e. The fraction of sp³-hybridized carbons (Fsp3) is 0.192. The third kappa shape index (κ3) is 7.13. The maximum atomic E-state index is 12.7. The first kappa shape index (κ1) is 24.9. The molecule has 0 aromatic heterocycles. The van der Waals surface area contributed by atoms with Crippen LogP contribution in [0.3, 0.4) is 0 Å². The standard InChI is InChI=1S/C26H27N3O4S/c1-3-32-17-18-33-23-15-11-19(12-16-23)24(30)28-26(34)27-21-13-9-20(10-14-21)25(31)29(2)22-7-5-4-6-8-22/h4-16H,3,17-18H2,1-2H3,(H2,27,28,30,34). The lowest BCUT2D eigenvalue weighted by Crippen LogP contribution is -2.34. The molecule has 0 radical (unpaired) electrons. The van der Waals surface area contributed by atoms with Crippen molar-refractivity contribution >= 4 is 40.5 Å². The second kappa shape index (κ2) is 12.5. The van der Waals surface area contributed by atoms with Gasteiger partial charge < -0.3 is 19.7 Å². The van der Waals surface area contributed by atoms with E-state index in [1.54, 1.807) is 60.5 Å². The highest BCUT2D eigenvalue weighted by Gasteiger charge is 2.13. The van der Waals surface area contributed by atoms with Gasteiger partial charge in [-0.3, -0.25) is 14.9 Å². The van der Waals surface area contributed by atoms with Gasteiger partial charge in [-0.15, -0.1) is 0 Å². The Morgan fingerprint density at radius 1 is 0.882 bits per heavy atom. The molecule has 2 amide bonds. The minimum Gasteiger partial charge on any atom is -0.491 e. The lowest BCUT2D eigenvalue weighted by atomic mass is 10.1. The number of hydrogen-bond acceptors (Lipinski definition) is 5. The Morgan fingerprint density at radius 2 is 1.53 bits per heavy atom. The van der Waals surface area contributed by atoms with E-state index in [4.69, 9.17) is 21.7 Å². The highest BCUT2D eigenvalue weighted by Crippen LogP contribution is 2.17. The number of benzene rings is 3. The summed E-state index contributed by atoms with van der Waals surface area (Å²) >= 11 is 5.25. The average molecular weight is 478 g/mol. The first-order valence-electron chi connectivity index (χ1n) is 10.8. The fourth-order valence-corrected chi connectivity index (χ4v) is 3.27. The van der Waals surface area contributed by atoms with Crippen LogP contribution >= 0.6 is 12.2 Å². The lowest BCUT2D eigenvalue weighted by Gasteiger charge is -2.17. The Hall–Kier alpha value is -3.75. The zero-order valence-corrected chi connectivity index (χ0v) is 19.9. The number of carbonyl (C=O) groups is 2. The molecule has 7 nitrogen and oxygen atoms in total. The quantitative estimate of drug-likeness (QED) is 0.349. The molecule has 0 atom stereocenters. The van der Waals surface area contributed by atoms with Crippen LogP contribution in [0.1, 0.15) is 27.6 Å². The van der Waals surface area contributed by atoms with E-state index in [1.807, 2.05) is 37.3 Å². The molecule has 3 aromatic rings. The molecule has 0 bridgehead atoms. The Morgan fingerprint density at radius 3 is 2.18 bits per heavy atom. The van der Waals surface area contributed by atoms with Crippen molar-refractivity contribution in [2.24, 2.45) is 0 Å². The van der Waals surface area contributed by atoms with E-state index in [9.17, 15) is 9.59 Å². The molecule has 0 saturated heterocycles. The zero-order valence-electron chi connectivity index (χ0n) is 19.1. The number of amides is 2. The minimum absolute atomic E-state index is 0.126. The molecule has 176 valence electrons. The molecule has 0 aliphatic carbocycles. The largest absolute Gasteiger partial charge is 0.491 e. The molecular weight excluding hydrogens is 450 g/mol. The average Bonchev–Trinajstić information content (AvgIpc) is 2.87. The van der Waals surface area contributed by atoms with Gasteiger partial charge in [0, 0.05) is 36.2 Å². The van der Waals surface area contributed by atoms with Gasteiger partial charge in [0.1, 0.15) is 12.4 Å². The molecule has 3 aromatic carbocycles. The molecule has 0 saturated carbocycles. The molecule has 2 N–H and O–H groups in total. The van der Waals surface area contributed by atoms with Crippen LogP contribution in [0.5, 0.6) is 5.75 Å². The first-order chi connectivity index (χ1) is 16.5. The molecule has 3 rings (SSSR count). The zero-order chi connectivity index (χ0) is 24.3. The summed E-state index contributed by atoms with van der Waals surface area (Å²) in [5, 5.41) is 5.76. The Bertz CT molecular complexity index is 1100. The van der Waals surface area contributed by atoms with E-state index < -0.39 is 0 Å². The number of nitrogens with zero attached hydrogens (tertiary/aromatic N) is 1. The van der Waals surface area contributed by atoms with E-state index in [0.29, 0.717) is 42.4 Å². The summed E-state index contributed by atoms with van der Waals surface area (Å²) in [4.78, 5) is 26.7. The van der Waals surface area contributed by atoms with E-state index in [0.717, 1.165) is 5.69 Å². The van der Waals surface area contributed by atoms with Crippen LogP contribution in [-0.2, 0) is 4.74 Å². The van der Waals surface area contributed by atoms with Crippen molar-refractivity contribution in [1.82, 2.24) is 5.32 Å². The third-order valence-electron chi connectivity index (χ3n) is 4.88. The first-order valence-corrected chi connectivity index (χ1v) is 11.2. The maximum absolute atomic E-state index is 12.7. The smallest absolute Gasteiger partial charge is 0.258 e. The molecular formula is C26H27N3O4S. The van der Waals surface area contributed by atoms with Gasteiger partial charge in [0.2, 0.25) is 0 Å².